The van der Waals surface area contributed by atoms with Crippen LogP contribution >= 0.6 is 0 Å². The highest BCUT2D eigenvalue weighted by Gasteiger charge is 2.21. The first kappa shape index (κ1) is 13.2. The molecule has 0 heterocycles. The van der Waals surface area contributed by atoms with Gasteiger partial charge >= 0.3 is 0 Å². The van der Waals surface area contributed by atoms with Gasteiger partial charge in [-0.2, -0.15) is 0 Å². The lowest BCUT2D eigenvalue weighted by Gasteiger charge is -2.12. The number of hydrogen-bond donors (Lipinski definition) is 1. The summed E-state index contributed by atoms with van der Waals surface area (Å²) < 4.78 is 27.0. The van der Waals surface area contributed by atoms with E-state index in [4.69, 9.17) is 0 Å². The van der Waals surface area contributed by atoms with E-state index >= 15 is 0 Å². The number of carbonyl (C=O) groups is 1. The molecule has 4 heteroatoms. The first-order valence-corrected chi connectivity index (χ1v) is 5.84. The van der Waals surface area contributed by atoms with Crippen LogP contribution in [0.15, 0.2) is 48.5 Å². The SMILES string of the molecule is CNC(=O)C(F)c1ccccc1-c1ccc(F)cc1. The highest BCUT2D eigenvalue weighted by molar-refractivity contribution is 5.85. The zero-order chi connectivity index (χ0) is 13.8. The van der Waals surface area contributed by atoms with Crippen molar-refractivity contribution < 1.29 is 13.6 Å². The Kier molecular flexibility index (Phi) is 3.90. The van der Waals surface area contributed by atoms with E-state index in [0.29, 0.717) is 11.1 Å². The molecule has 19 heavy (non-hydrogen) atoms. The summed E-state index contributed by atoms with van der Waals surface area (Å²) in [6.45, 7) is 0. The minimum Gasteiger partial charge on any atom is -0.356 e. The molecule has 0 fully saturated rings. The predicted molar refractivity (Wildman–Crippen MR) is 69.8 cm³/mol. The second-order valence-corrected chi connectivity index (χ2v) is 4.07. The lowest BCUT2D eigenvalue weighted by atomic mass is 9.96. The van der Waals surface area contributed by atoms with E-state index in [1.54, 1.807) is 36.4 Å². The van der Waals surface area contributed by atoms with Gasteiger partial charge in [-0.15, -0.1) is 0 Å². The molecule has 2 nitrogen and oxygen atoms in total. The average Bonchev–Trinajstić information content (AvgIpc) is 2.46. The Morgan fingerprint density at radius 3 is 2.37 bits per heavy atom. The molecule has 0 spiro atoms. The van der Waals surface area contributed by atoms with Crippen LogP contribution in [-0.2, 0) is 4.79 Å². The number of likely N-dealkylation sites (N-methyl/N-ethyl adjacent to an activating group) is 1. The molecule has 2 rings (SSSR count). The molecule has 2 aromatic rings. The number of alkyl halides is 1. The van der Waals surface area contributed by atoms with E-state index in [1.807, 2.05) is 0 Å². The number of benzene rings is 2. The lowest BCUT2D eigenvalue weighted by Crippen LogP contribution is -2.23. The number of halogens is 2. The quantitative estimate of drug-likeness (QED) is 0.902. The summed E-state index contributed by atoms with van der Waals surface area (Å²) in [5.41, 5.74) is 1.52. The molecule has 0 aliphatic heterocycles. The second-order valence-electron chi connectivity index (χ2n) is 4.07. The van der Waals surface area contributed by atoms with Gasteiger partial charge in [-0.05, 0) is 23.3 Å². The largest absolute Gasteiger partial charge is 0.356 e. The summed E-state index contributed by atoms with van der Waals surface area (Å²) in [6, 6.07) is 12.4. The predicted octanol–water partition coefficient (Wildman–Crippen LogP) is 3.25. The van der Waals surface area contributed by atoms with Crippen molar-refractivity contribution in [2.75, 3.05) is 7.05 Å². The van der Waals surface area contributed by atoms with Gasteiger partial charge in [0, 0.05) is 12.6 Å². The summed E-state index contributed by atoms with van der Waals surface area (Å²) in [6.07, 6.45) is -1.74. The van der Waals surface area contributed by atoms with Crippen molar-refractivity contribution in [3.8, 4) is 11.1 Å². The summed E-state index contributed by atoms with van der Waals surface area (Å²) in [5, 5.41) is 2.28. The Morgan fingerprint density at radius 1 is 1.11 bits per heavy atom. The minimum atomic E-state index is -1.74. The van der Waals surface area contributed by atoms with Gasteiger partial charge in [0.15, 0.2) is 0 Å². The van der Waals surface area contributed by atoms with E-state index in [1.165, 1.54) is 19.2 Å². The summed E-state index contributed by atoms with van der Waals surface area (Å²) in [4.78, 5) is 11.4. The van der Waals surface area contributed by atoms with Crippen LogP contribution in [0, 0.1) is 5.82 Å². The molecular formula is C15H13F2NO. The van der Waals surface area contributed by atoms with Crippen LogP contribution in [0.4, 0.5) is 8.78 Å². The molecule has 0 bridgehead atoms. The fourth-order valence-corrected chi connectivity index (χ4v) is 1.88. The lowest BCUT2D eigenvalue weighted by molar-refractivity contribution is -0.125. The number of carbonyl (C=O) groups excluding carboxylic acids is 1. The van der Waals surface area contributed by atoms with Crippen molar-refractivity contribution >= 4 is 5.91 Å². The number of hydrogen-bond acceptors (Lipinski definition) is 1. The number of amides is 1. The smallest absolute Gasteiger partial charge is 0.258 e. The van der Waals surface area contributed by atoms with Gasteiger partial charge in [0.2, 0.25) is 6.17 Å². The first-order chi connectivity index (χ1) is 9.13. The van der Waals surface area contributed by atoms with Crippen LogP contribution in [0.1, 0.15) is 11.7 Å². The fraction of sp³-hybridized carbons (Fsp3) is 0.133. The maximum absolute atomic E-state index is 14.1. The normalized spacial score (nSPS) is 11.9. The number of rotatable bonds is 3. The monoisotopic (exact) mass is 261 g/mol. The second kappa shape index (κ2) is 5.61. The van der Waals surface area contributed by atoms with Gasteiger partial charge < -0.3 is 5.32 Å². The van der Waals surface area contributed by atoms with Crippen LogP contribution in [0.5, 0.6) is 0 Å². The van der Waals surface area contributed by atoms with Gasteiger partial charge in [-0.25, -0.2) is 8.78 Å². The van der Waals surface area contributed by atoms with Crippen LogP contribution in [0.25, 0.3) is 11.1 Å². The molecule has 98 valence electrons. The highest BCUT2D eigenvalue weighted by Crippen LogP contribution is 2.30. The molecule has 0 saturated heterocycles. The molecule has 1 unspecified atom stereocenters. The topological polar surface area (TPSA) is 29.1 Å². The molecule has 0 radical (unpaired) electrons. The van der Waals surface area contributed by atoms with Crippen LogP contribution in [0.3, 0.4) is 0 Å². The van der Waals surface area contributed by atoms with E-state index < -0.39 is 12.1 Å². The number of nitrogens with one attached hydrogen (secondary N) is 1. The van der Waals surface area contributed by atoms with Gasteiger partial charge in [0.25, 0.3) is 5.91 Å². The van der Waals surface area contributed by atoms with E-state index in [-0.39, 0.29) is 11.4 Å². The zero-order valence-corrected chi connectivity index (χ0v) is 10.4. The summed E-state index contributed by atoms with van der Waals surface area (Å²) in [7, 11) is 1.38. The van der Waals surface area contributed by atoms with Crippen molar-refractivity contribution in [1.82, 2.24) is 5.32 Å². The molecular weight excluding hydrogens is 248 g/mol. The minimum absolute atomic E-state index is 0.272. The van der Waals surface area contributed by atoms with Crippen molar-refractivity contribution in [2.45, 2.75) is 6.17 Å². The Hall–Kier alpha value is -2.23. The Balaban J connectivity index is 2.46. The average molecular weight is 261 g/mol. The Labute approximate surface area is 110 Å². The maximum atomic E-state index is 14.1. The Morgan fingerprint density at radius 2 is 1.74 bits per heavy atom. The third-order valence-electron chi connectivity index (χ3n) is 2.87. The molecule has 0 aromatic heterocycles. The molecule has 0 saturated carbocycles. The molecule has 0 aliphatic carbocycles. The van der Waals surface area contributed by atoms with E-state index in [9.17, 15) is 13.6 Å². The summed E-state index contributed by atoms with van der Waals surface area (Å²) >= 11 is 0. The highest BCUT2D eigenvalue weighted by atomic mass is 19.1. The Bertz CT molecular complexity index is 581. The van der Waals surface area contributed by atoms with Crippen molar-refractivity contribution in [1.29, 1.82) is 0 Å². The third-order valence-corrected chi connectivity index (χ3v) is 2.87. The molecule has 1 amide bonds. The maximum Gasteiger partial charge on any atom is 0.258 e. The van der Waals surface area contributed by atoms with Gasteiger partial charge in [0.05, 0.1) is 0 Å². The van der Waals surface area contributed by atoms with Crippen molar-refractivity contribution in [2.24, 2.45) is 0 Å². The van der Waals surface area contributed by atoms with Crippen molar-refractivity contribution in [3.63, 3.8) is 0 Å². The third kappa shape index (κ3) is 2.78. The van der Waals surface area contributed by atoms with Crippen LogP contribution in [-0.4, -0.2) is 13.0 Å². The van der Waals surface area contributed by atoms with Gasteiger partial charge in [-0.3, -0.25) is 4.79 Å². The first-order valence-electron chi connectivity index (χ1n) is 5.84. The molecule has 0 aliphatic rings. The van der Waals surface area contributed by atoms with Crippen LogP contribution < -0.4 is 5.32 Å². The van der Waals surface area contributed by atoms with E-state index in [0.717, 1.165) is 0 Å². The van der Waals surface area contributed by atoms with Gasteiger partial charge in [0.1, 0.15) is 5.82 Å². The fourth-order valence-electron chi connectivity index (χ4n) is 1.88. The summed E-state index contributed by atoms with van der Waals surface area (Å²) in [5.74, 6) is -1.06. The standard InChI is InChI=1S/C15H13F2NO/c1-18-15(19)14(17)13-5-3-2-4-12(13)10-6-8-11(16)9-7-10/h2-9,14H,1H3,(H,18,19). The van der Waals surface area contributed by atoms with Gasteiger partial charge in [-0.1, -0.05) is 36.4 Å². The van der Waals surface area contributed by atoms with E-state index in [2.05, 4.69) is 5.32 Å². The zero-order valence-electron chi connectivity index (χ0n) is 10.4. The molecule has 1 atom stereocenters. The molecule has 2 aromatic carbocycles. The molecule has 1 N–H and O–H groups in total. The van der Waals surface area contributed by atoms with Crippen molar-refractivity contribution in [3.05, 3.63) is 59.9 Å². The van der Waals surface area contributed by atoms with Crippen LogP contribution in [0.2, 0.25) is 0 Å².